The standard InChI is InChI=1S/C23H28N4O2/c24-23(29)21-8-4-7-19-16-27(10-9-20(19)21)22(28)17-26-13-11-25(12-14-26)15-18-5-2-1-3-6-18/h1-8H,9-17H2,(H2,24,29). The minimum atomic E-state index is -0.394. The van der Waals surface area contributed by atoms with Gasteiger partial charge >= 0.3 is 0 Å². The normalized spacial score (nSPS) is 17.7. The third-order valence-corrected chi connectivity index (χ3v) is 5.96. The lowest BCUT2D eigenvalue weighted by atomic mass is 9.94. The Morgan fingerprint density at radius 3 is 2.31 bits per heavy atom. The number of carbonyl (C=O) groups excluding carboxylic acids is 2. The number of amides is 2. The Hall–Kier alpha value is -2.70. The number of carbonyl (C=O) groups is 2. The van der Waals surface area contributed by atoms with Crippen molar-refractivity contribution in [2.45, 2.75) is 19.5 Å². The largest absolute Gasteiger partial charge is 0.366 e. The highest BCUT2D eigenvalue weighted by Crippen LogP contribution is 2.22. The van der Waals surface area contributed by atoms with Gasteiger partial charge in [-0.05, 0) is 29.2 Å². The lowest BCUT2D eigenvalue weighted by Crippen LogP contribution is -2.50. The second-order valence-corrected chi connectivity index (χ2v) is 7.91. The number of nitrogens with two attached hydrogens (primary N) is 1. The van der Waals surface area contributed by atoms with Crippen LogP contribution in [0.3, 0.4) is 0 Å². The average molecular weight is 393 g/mol. The Morgan fingerprint density at radius 2 is 1.59 bits per heavy atom. The Morgan fingerprint density at radius 1 is 0.862 bits per heavy atom. The first-order chi connectivity index (χ1) is 14.1. The minimum Gasteiger partial charge on any atom is -0.366 e. The van der Waals surface area contributed by atoms with E-state index in [4.69, 9.17) is 5.73 Å². The Bertz CT molecular complexity index is 876. The van der Waals surface area contributed by atoms with E-state index in [9.17, 15) is 9.59 Å². The zero-order chi connectivity index (χ0) is 20.2. The van der Waals surface area contributed by atoms with Gasteiger partial charge < -0.3 is 10.6 Å². The van der Waals surface area contributed by atoms with Crippen molar-refractivity contribution < 1.29 is 9.59 Å². The zero-order valence-corrected chi connectivity index (χ0v) is 16.7. The Balaban J connectivity index is 1.28. The molecule has 4 rings (SSSR count). The highest BCUT2D eigenvalue weighted by atomic mass is 16.2. The quantitative estimate of drug-likeness (QED) is 0.837. The fraction of sp³-hybridized carbons (Fsp3) is 0.391. The van der Waals surface area contributed by atoms with Crippen molar-refractivity contribution >= 4 is 11.8 Å². The fourth-order valence-corrected chi connectivity index (χ4v) is 4.29. The Kier molecular flexibility index (Phi) is 5.92. The van der Waals surface area contributed by atoms with Crippen LogP contribution in [0.4, 0.5) is 0 Å². The molecule has 2 aromatic carbocycles. The molecule has 0 atom stereocenters. The Labute approximate surface area is 171 Å². The van der Waals surface area contributed by atoms with Crippen LogP contribution in [0.15, 0.2) is 48.5 Å². The highest BCUT2D eigenvalue weighted by molar-refractivity contribution is 5.94. The van der Waals surface area contributed by atoms with E-state index in [1.807, 2.05) is 23.1 Å². The van der Waals surface area contributed by atoms with E-state index in [2.05, 4.69) is 34.1 Å². The highest BCUT2D eigenvalue weighted by Gasteiger charge is 2.26. The van der Waals surface area contributed by atoms with Gasteiger partial charge in [-0.3, -0.25) is 19.4 Å². The van der Waals surface area contributed by atoms with Crippen LogP contribution in [-0.4, -0.2) is 65.8 Å². The van der Waals surface area contributed by atoms with Crippen LogP contribution in [0.1, 0.15) is 27.0 Å². The zero-order valence-electron chi connectivity index (χ0n) is 16.7. The average Bonchev–Trinajstić information content (AvgIpc) is 2.75. The maximum Gasteiger partial charge on any atom is 0.248 e. The summed E-state index contributed by atoms with van der Waals surface area (Å²) in [6.07, 6.45) is 0.686. The predicted octanol–water partition coefficient (Wildman–Crippen LogP) is 1.49. The molecule has 0 radical (unpaired) electrons. The van der Waals surface area contributed by atoms with E-state index in [0.717, 1.165) is 43.9 Å². The molecule has 1 saturated heterocycles. The lowest BCUT2D eigenvalue weighted by molar-refractivity contribution is -0.133. The summed E-state index contributed by atoms with van der Waals surface area (Å²) in [7, 11) is 0. The molecule has 152 valence electrons. The van der Waals surface area contributed by atoms with Gasteiger partial charge in [0.25, 0.3) is 0 Å². The molecule has 2 N–H and O–H groups in total. The molecule has 29 heavy (non-hydrogen) atoms. The number of hydrogen-bond donors (Lipinski definition) is 1. The van der Waals surface area contributed by atoms with Crippen molar-refractivity contribution in [3.8, 4) is 0 Å². The third-order valence-electron chi connectivity index (χ3n) is 5.96. The maximum atomic E-state index is 12.8. The summed E-state index contributed by atoms with van der Waals surface area (Å²) in [5.41, 5.74) is 9.44. The second kappa shape index (κ2) is 8.76. The van der Waals surface area contributed by atoms with Crippen LogP contribution in [0.5, 0.6) is 0 Å². The van der Waals surface area contributed by atoms with E-state index in [1.54, 1.807) is 6.07 Å². The number of benzene rings is 2. The van der Waals surface area contributed by atoms with E-state index in [0.29, 0.717) is 31.6 Å². The molecule has 1 fully saturated rings. The van der Waals surface area contributed by atoms with E-state index >= 15 is 0 Å². The van der Waals surface area contributed by atoms with E-state index < -0.39 is 5.91 Å². The first kappa shape index (κ1) is 19.6. The van der Waals surface area contributed by atoms with Crippen molar-refractivity contribution in [3.05, 3.63) is 70.8 Å². The van der Waals surface area contributed by atoms with Gasteiger partial charge in [0, 0.05) is 51.4 Å². The van der Waals surface area contributed by atoms with Gasteiger partial charge in [-0.15, -0.1) is 0 Å². The van der Waals surface area contributed by atoms with Crippen LogP contribution in [0, 0.1) is 0 Å². The molecule has 2 amide bonds. The molecular formula is C23H28N4O2. The topological polar surface area (TPSA) is 69.9 Å². The molecule has 6 heteroatoms. The summed E-state index contributed by atoms with van der Waals surface area (Å²) in [6, 6.07) is 16.1. The van der Waals surface area contributed by atoms with Gasteiger partial charge in [-0.2, -0.15) is 0 Å². The van der Waals surface area contributed by atoms with Crippen molar-refractivity contribution in [1.29, 1.82) is 0 Å². The molecule has 0 spiro atoms. The number of primary amides is 1. The molecule has 6 nitrogen and oxygen atoms in total. The SMILES string of the molecule is NC(=O)c1cccc2c1CCN(C(=O)CN1CCN(Cc3ccccc3)CC1)C2. The molecular weight excluding hydrogens is 364 g/mol. The number of piperazine rings is 1. The van der Waals surface area contributed by atoms with Gasteiger partial charge in [0.2, 0.25) is 11.8 Å². The molecule has 2 aliphatic heterocycles. The van der Waals surface area contributed by atoms with Gasteiger partial charge in [-0.25, -0.2) is 0 Å². The number of fused-ring (bicyclic) bond motifs is 1. The molecule has 2 heterocycles. The summed E-state index contributed by atoms with van der Waals surface area (Å²) in [5, 5.41) is 0. The van der Waals surface area contributed by atoms with Gasteiger partial charge in [0.15, 0.2) is 0 Å². The van der Waals surface area contributed by atoms with Crippen molar-refractivity contribution in [3.63, 3.8) is 0 Å². The van der Waals surface area contributed by atoms with Crippen molar-refractivity contribution in [2.75, 3.05) is 39.3 Å². The van der Waals surface area contributed by atoms with Gasteiger partial charge in [0.1, 0.15) is 0 Å². The molecule has 0 unspecified atom stereocenters. The monoisotopic (exact) mass is 392 g/mol. The summed E-state index contributed by atoms with van der Waals surface area (Å²) in [4.78, 5) is 31.1. The number of rotatable bonds is 5. The first-order valence-electron chi connectivity index (χ1n) is 10.3. The second-order valence-electron chi connectivity index (χ2n) is 7.91. The predicted molar refractivity (Wildman–Crippen MR) is 112 cm³/mol. The van der Waals surface area contributed by atoms with Crippen LogP contribution in [0.2, 0.25) is 0 Å². The van der Waals surface area contributed by atoms with Gasteiger partial charge in [0.05, 0.1) is 6.54 Å². The van der Waals surface area contributed by atoms with E-state index in [1.165, 1.54) is 5.56 Å². The van der Waals surface area contributed by atoms with Crippen LogP contribution in [0.25, 0.3) is 0 Å². The van der Waals surface area contributed by atoms with E-state index in [-0.39, 0.29) is 5.91 Å². The lowest BCUT2D eigenvalue weighted by Gasteiger charge is -2.36. The number of nitrogens with zero attached hydrogens (tertiary/aromatic N) is 3. The number of hydrogen-bond acceptors (Lipinski definition) is 4. The fourth-order valence-electron chi connectivity index (χ4n) is 4.29. The summed E-state index contributed by atoms with van der Waals surface area (Å²) in [6.45, 7) is 6.41. The molecule has 0 aromatic heterocycles. The minimum absolute atomic E-state index is 0.164. The molecule has 2 aliphatic rings. The summed E-state index contributed by atoms with van der Waals surface area (Å²) >= 11 is 0. The van der Waals surface area contributed by atoms with Crippen LogP contribution in [-0.2, 0) is 24.3 Å². The van der Waals surface area contributed by atoms with Crippen LogP contribution >= 0.6 is 0 Å². The summed E-state index contributed by atoms with van der Waals surface area (Å²) < 4.78 is 0. The van der Waals surface area contributed by atoms with Crippen molar-refractivity contribution in [2.24, 2.45) is 5.73 Å². The molecule has 0 aliphatic carbocycles. The molecule has 0 bridgehead atoms. The molecule has 0 saturated carbocycles. The third kappa shape index (κ3) is 4.66. The summed E-state index contributed by atoms with van der Waals surface area (Å²) in [5.74, 6) is -0.230. The maximum absolute atomic E-state index is 12.8. The van der Waals surface area contributed by atoms with Gasteiger partial charge in [-0.1, -0.05) is 42.5 Å². The van der Waals surface area contributed by atoms with Crippen LogP contribution < -0.4 is 5.73 Å². The van der Waals surface area contributed by atoms with Crippen molar-refractivity contribution in [1.82, 2.24) is 14.7 Å². The first-order valence-corrected chi connectivity index (χ1v) is 10.3. The molecule has 2 aromatic rings. The smallest absolute Gasteiger partial charge is 0.248 e.